The summed E-state index contributed by atoms with van der Waals surface area (Å²) in [5, 5.41) is 3.00. The fourth-order valence-electron chi connectivity index (χ4n) is 2.78. The Hall–Kier alpha value is -2.29. The van der Waals surface area contributed by atoms with Crippen LogP contribution in [0.1, 0.15) is 51.7 Å². The Labute approximate surface area is 157 Å². The maximum atomic E-state index is 12.4. The quantitative estimate of drug-likeness (QED) is 0.686. The summed E-state index contributed by atoms with van der Waals surface area (Å²) in [7, 11) is 0. The zero-order chi connectivity index (χ0) is 19.0. The molecule has 0 aromatic heterocycles. The number of amides is 1. The van der Waals surface area contributed by atoms with Gasteiger partial charge in [0.25, 0.3) is 5.91 Å². The summed E-state index contributed by atoms with van der Waals surface area (Å²) in [6.45, 7) is 9.18. The fourth-order valence-corrected chi connectivity index (χ4v) is 2.78. The second kappa shape index (κ2) is 9.42. The van der Waals surface area contributed by atoms with Gasteiger partial charge in [-0.2, -0.15) is 0 Å². The number of ether oxygens (including phenoxy) is 1. The van der Waals surface area contributed by atoms with Crippen LogP contribution in [0.15, 0.2) is 54.6 Å². The molecule has 3 heteroatoms. The Bertz CT molecular complexity index is 672. The molecule has 0 heterocycles. The van der Waals surface area contributed by atoms with Crippen LogP contribution in [0.5, 0.6) is 5.75 Å². The lowest BCUT2D eigenvalue weighted by molar-refractivity contribution is -0.128. The van der Waals surface area contributed by atoms with E-state index in [-0.39, 0.29) is 11.3 Å². The van der Waals surface area contributed by atoms with E-state index in [9.17, 15) is 4.79 Å². The lowest BCUT2D eigenvalue weighted by atomic mass is 9.87. The zero-order valence-electron chi connectivity index (χ0n) is 16.4. The van der Waals surface area contributed by atoms with Crippen LogP contribution in [0.3, 0.4) is 0 Å². The number of hydrogen-bond donors (Lipinski definition) is 1. The molecule has 0 bridgehead atoms. The largest absolute Gasteiger partial charge is 0.481 e. The highest BCUT2D eigenvalue weighted by Crippen LogP contribution is 2.24. The highest BCUT2D eigenvalue weighted by atomic mass is 16.5. The minimum absolute atomic E-state index is 0.0412. The van der Waals surface area contributed by atoms with Crippen molar-refractivity contribution in [1.82, 2.24) is 5.32 Å². The summed E-state index contributed by atoms with van der Waals surface area (Å²) in [6.07, 6.45) is 2.08. The van der Waals surface area contributed by atoms with Crippen molar-refractivity contribution in [3.05, 3.63) is 65.7 Å². The first-order valence-corrected chi connectivity index (χ1v) is 9.49. The molecule has 1 atom stereocenters. The zero-order valence-corrected chi connectivity index (χ0v) is 16.4. The lowest BCUT2D eigenvalue weighted by Gasteiger charge is -2.21. The van der Waals surface area contributed by atoms with Crippen molar-refractivity contribution in [3.8, 4) is 5.75 Å². The van der Waals surface area contributed by atoms with Gasteiger partial charge in [-0.1, -0.05) is 70.2 Å². The Kier molecular flexibility index (Phi) is 7.26. The first-order valence-electron chi connectivity index (χ1n) is 9.49. The van der Waals surface area contributed by atoms with Crippen LogP contribution in [0.2, 0.25) is 0 Å². The monoisotopic (exact) mass is 353 g/mol. The SMILES string of the molecule is CC[C@H](Oc1ccc(C(C)(C)C)cc1)C(=O)NCCCc1ccccc1. The van der Waals surface area contributed by atoms with E-state index in [1.165, 1.54) is 11.1 Å². The summed E-state index contributed by atoms with van der Waals surface area (Å²) < 4.78 is 5.90. The molecule has 0 saturated heterocycles. The predicted molar refractivity (Wildman–Crippen MR) is 108 cm³/mol. The second-order valence-electron chi connectivity index (χ2n) is 7.67. The normalized spacial score (nSPS) is 12.5. The minimum atomic E-state index is -0.452. The predicted octanol–water partition coefficient (Wildman–Crippen LogP) is 4.89. The third-order valence-electron chi connectivity index (χ3n) is 4.45. The second-order valence-corrected chi connectivity index (χ2v) is 7.67. The van der Waals surface area contributed by atoms with Gasteiger partial charge in [0.2, 0.25) is 0 Å². The lowest BCUT2D eigenvalue weighted by Crippen LogP contribution is -2.38. The van der Waals surface area contributed by atoms with E-state index < -0.39 is 6.10 Å². The summed E-state index contributed by atoms with van der Waals surface area (Å²) in [5.74, 6) is 0.699. The number of benzene rings is 2. The van der Waals surface area contributed by atoms with E-state index in [0.717, 1.165) is 18.6 Å². The van der Waals surface area contributed by atoms with Gasteiger partial charge in [-0.25, -0.2) is 0 Å². The Morgan fingerprint density at radius 2 is 1.69 bits per heavy atom. The molecule has 0 radical (unpaired) electrons. The van der Waals surface area contributed by atoms with Crippen molar-refractivity contribution >= 4 is 5.91 Å². The van der Waals surface area contributed by atoms with Gasteiger partial charge in [0, 0.05) is 6.54 Å². The molecule has 0 saturated carbocycles. The van der Waals surface area contributed by atoms with Gasteiger partial charge >= 0.3 is 0 Å². The molecule has 0 aliphatic rings. The molecule has 0 aliphatic carbocycles. The molecule has 2 aromatic carbocycles. The molecule has 26 heavy (non-hydrogen) atoms. The van der Waals surface area contributed by atoms with Crippen LogP contribution in [-0.4, -0.2) is 18.6 Å². The third kappa shape index (κ3) is 6.21. The van der Waals surface area contributed by atoms with Gasteiger partial charge in [-0.05, 0) is 47.9 Å². The van der Waals surface area contributed by atoms with Crippen molar-refractivity contribution in [2.45, 2.75) is 58.5 Å². The van der Waals surface area contributed by atoms with E-state index in [1.54, 1.807) is 0 Å². The Morgan fingerprint density at radius 1 is 1.04 bits per heavy atom. The highest BCUT2D eigenvalue weighted by Gasteiger charge is 2.18. The number of aryl methyl sites for hydroxylation is 1. The molecular formula is C23H31NO2. The smallest absolute Gasteiger partial charge is 0.261 e. The molecule has 2 aromatic rings. The van der Waals surface area contributed by atoms with Gasteiger partial charge in [-0.3, -0.25) is 4.79 Å². The highest BCUT2D eigenvalue weighted by molar-refractivity contribution is 5.81. The minimum Gasteiger partial charge on any atom is -0.481 e. The number of carbonyl (C=O) groups is 1. The van der Waals surface area contributed by atoms with Gasteiger partial charge < -0.3 is 10.1 Å². The molecular weight excluding hydrogens is 322 g/mol. The van der Waals surface area contributed by atoms with Crippen molar-refractivity contribution in [2.24, 2.45) is 0 Å². The Balaban J connectivity index is 1.80. The van der Waals surface area contributed by atoms with Crippen molar-refractivity contribution in [2.75, 3.05) is 6.54 Å². The molecule has 140 valence electrons. The average Bonchev–Trinajstić information content (AvgIpc) is 2.63. The summed E-state index contributed by atoms with van der Waals surface area (Å²) >= 11 is 0. The molecule has 0 fully saturated rings. The van der Waals surface area contributed by atoms with Crippen molar-refractivity contribution in [1.29, 1.82) is 0 Å². The van der Waals surface area contributed by atoms with E-state index >= 15 is 0 Å². The van der Waals surface area contributed by atoms with Crippen LogP contribution in [-0.2, 0) is 16.6 Å². The molecule has 0 unspecified atom stereocenters. The van der Waals surface area contributed by atoms with E-state index in [0.29, 0.717) is 13.0 Å². The van der Waals surface area contributed by atoms with Crippen LogP contribution in [0.25, 0.3) is 0 Å². The van der Waals surface area contributed by atoms with E-state index in [4.69, 9.17) is 4.74 Å². The number of nitrogens with one attached hydrogen (secondary N) is 1. The topological polar surface area (TPSA) is 38.3 Å². The first kappa shape index (κ1) is 20.0. The molecule has 0 spiro atoms. The third-order valence-corrected chi connectivity index (χ3v) is 4.45. The molecule has 3 nitrogen and oxygen atoms in total. The molecule has 1 amide bonds. The maximum Gasteiger partial charge on any atom is 0.261 e. The molecule has 0 aliphatic heterocycles. The first-order chi connectivity index (χ1) is 12.4. The number of carbonyl (C=O) groups excluding carboxylic acids is 1. The number of rotatable bonds is 8. The number of hydrogen-bond acceptors (Lipinski definition) is 2. The fraction of sp³-hybridized carbons (Fsp3) is 0.435. The van der Waals surface area contributed by atoms with Crippen molar-refractivity contribution in [3.63, 3.8) is 0 Å². The van der Waals surface area contributed by atoms with Crippen LogP contribution >= 0.6 is 0 Å². The molecule has 1 N–H and O–H groups in total. The summed E-state index contributed by atoms with van der Waals surface area (Å²) in [5.41, 5.74) is 2.66. The van der Waals surface area contributed by atoms with Gasteiger partial charge in [0.15, 0.2) is 6.10 Å². The van der Waals surface area contributed by atoms with Gasteiger partial charge in [0.05, 0.1) is 0 Å². The van der Waals surface area contributed by atoms with Gasteiger partial charge in [-0.15, -0.1) is 0 Å². The van der Waals surface area contributed by atoms with E-state index in [1.807, 2.05) is 37.3 Å². The molecule has 2 rings (SSSR count). The van der Waals surface area contributed by atoms with Crippen LogP contribution in [0.4, 0.5) is 0 Å². The van der Waals surface area contributed by atoms with Crippen molar-refractivity contribution < 1.29 is 9.53 Å². The standard InChI is InChI=1S/C23H31NO2/c1-5-21(26-20-15-13-19(14-16-20)23(2,3)4)22(25)24-17-9-12-18-10-7-6-8-11-18/h6-8,10-11,13-16,21H,5,9,12,17H2,1-4H3,(H,24,25)/t21-/m0/s1. The maximum absolute atomic E-state index is 12.4. The summed E-state index contributed by atoms with van der Waals surface area (Å²) in [4.78, 5) is 12.4. The Morgan fingerprint density at radius 3 is 2.27 bits per heavy atom. The summed E-state index contributed by atoms with van der Waals surface area (Å²) in [6, 6.07) is 18.4. The average molecular weight is 354 g/mol. The van der Waals surface area contributed by atoms with Crippen LogP contribution < -0.4 is 10.1 Å². The van der Waals surface area contributed by atoms with E-state index in [2.05, 4.69) is 50.4 Å². The van der Waals surface area contributed by atoms with Crippen LogP contribution in [0, 0.1) is 0 Å². The van der Waals surface area contributed by atoms with Gasteiger partial charge in [0.1, 0.15) is 5.75 Å².